The molecule has 3 nitrogen and oxygen atoms in total. The molecule has 18 heavy (non-hydrogen) atoms. The minimum Gasteiger partial charge on any atom is -0.314 e. The van der Waals surface area contributed by atoms with Crippen LogP contribution in [-0.4, -0.2) is 22.4 Å². The molecule has 1 aliphatic carbocycles. The third kappa shape index (κ3) is 3.58. The Morgan fingerprint density at radius 2 is 2.22 bits per heavy atom. The van der Waals surface area contributed by atoms with E-state index in [9.17, 15) is 0 Å². The Morgan fingerprint density at radius 3 is 2.72 bits per heavy atom. The molecule has 1 unspecified atom stereocenters. The molecule has 0 bridgehead atoms. The van der Waals surface area contributed by atoms with E-state index in [1.165, 1.54) is 31.4 Å². The molecular formula is C15H27N3. The van der Waals surface area contributed by atoms with E-state index in [4.69, 9.17) is 0 Å². The fraction of sp³-hybridized carbons (Fsp3) is 0.800. The van der Waals surface area contributed by atoms with Crippen LogP contribution < -0.4 is 5.32 Å². The molecule has 1 atom stereocenters. The first-order chi connectivity index (χ1) is 8.69. The van der Waals surface area contributed by atoms with E-state index in [-0.39, 0.29) is 0 Å². The quantitative estimate of drug-likeness (QED) is 0.804. The Kier molecular flexibility index (Phi) is 4.81. The van der Waals surface area contributed by atoms with Crippen molar-refractivity contribution in [1.29, 1.82) is 0 Å². The molecule has 0 amide bonds. The maximum atomic E-state index is 4.66. The van der Waals surface area contributed by atoms with Crippen LogP contribution >= 0.6 is 0 Å². The van der Waals surface area contributed by atoms with E-state index in [1.807, 2.05) is 0 Å². The predicted molar refractivity (Wildman–Crippen MR) is 75.7 cm³/mol. The van der Waals surface area contributed by atoms with E-state index in [0.29, 0.717) is 12.1 Å². The van der Waals surface area contributed by atoms with Gasteiger partial charge in [-0.05, 0) is 38.8 Å². The van der Waals surface area contributed by atoms with E-state index >= 15 is 0 Å². The highest BCUT2D eigenvalue weighted by atomic mass is 15.3. The van der Waals surface area contributed by atoms with Gasteiger partial charge in [0.25, 0.3) is 0 Å². The van der Waals surface area contributed by atoms with Crippen LogP contribution in [0.3, 0.4) is 0 Å². The van der Waals surface area contributed by atoms with Crippen LogP contribution in [-0.2, 0) is 6.42 Å². The zero-order chi connectivity index (χ0) is 13.0. The Bertz CT molecular complexity index is 352. The third-order valence-corrected chi connectivity index (χ3v) is 3.98. The van der Waals surface area contributed by atoms with Gasteiger partial charge in [0.1, 0.15) is 0 Å². The Hall–Kier alpha value is -0.830. The van der Waals surface area contributed by atoms with Crippen molar-refractivity contribution in [2.45, 2.75) is 65.0 Å². The van der Waals surface area contributed by atoms with Crippen molar-refractivity contribution < 1.29 is 0 Å². The van der Waals surface area contributed by atoms with Crippen molar-refractivity contribution >= 4 is 0 Å². The van der Waals surface area contributed by atoms with Crippen molar-refractivity contribution in [3.63, 3.8) is 0 Å². The van der Waals surface area contributed by atoms with Crippen molar-refractivity contribution in [1.82, 2.24) is 15.1 Å². The summed E-state index contributed by atoms with van der Waals surface area (Å²) < 4.78 is 2.06. The third-order valence-electron chi connectivity index (χ3n) is 3.98. The summed E-state index contributed by atoms with van der Waals surface area (Å²) in [4.78, 5) is 0. The molecule has 2 rings (SSSR count). The van der Waals surface area contributed by atoms with Gasteiger partial charge in [-0.25, -0.2) is 0 Å². The van der Waals surface area contributed by atoms with Gasteiger partial charge in [0.2, 0.25) is 0 Å². The summed E-state index contributed by atoms with van der Waals surface area (Å²) >= 11 is 0. The molecule has 0 saturated heterocycles. The lowest BCUT2D eigenvalue weighted by Gasteiger charge is -2.29. The van der Waals surface area contributed by atoms with Crippen LogP contribution in [0.15, 0.2) is 12.3 Å². The van der Waals surface area contributed by atoms with Crippen LogP contribution in [0.4, 0.5) is 0 Å². The Morgan fingerprint density at radius 1 is 1.44 bits per heavy atom. The number of hydrogen-bond acceptors (Lipinski definition) is 2. The molecule has 0 spiro atoms. The zero-order valence-electron chi connectivity index (χ0n) is 12.0. The molecule has 1 fully saturated rings. The monoisotopic (exact) mass is 249 g/mol. The van der Waals surface area contributed by atoms with Gasteiger partial charge >= 0.3 is 0 Å². The summed E-state index contributed by atoms with van der Waals surface area (Å²) in [7, 11) is 0. The van der Waals surface area contributed by atoms with Gasteiger partial charge in [-0.1, -0.05) is 26.2 Å². The molecule has 1 aliphatic rings. The lowest BCUT2D eigenvalue weighted by Crippen LogP contribution is -2.34. The van der Waals surface area contributed by atoms with Crippen molar-refractivity contribution in [3.8, 4) is 0 Å². The number of nitrogens with zero attached hydrogens (tertiary/aromatic N) is 2. The van der Waals surface area contributed by atoms with Gasteiger partial charge in [-0.2, -0.15) is 5.10 Å². The summed E-state index contributed by atoms with van der Waals surface area (Å²) in [6.07, 6.45) is 8.80. The highest BCUT2D eigenvalue weighted by Gasteiger charge is 2.22. The largest absolute Gasteiger partial charge is 0.314 e. The van der Waals surface area contributed by atoms with Gasteiger partial charge in [-0.3, -0.25) is 4.68 Å². The molecule has 1 aromatic rings. The molecule has 1 N–H and O–H groups in total. The number of aromatic nitrogens is 2. The minimum absolute atomic E-state index is 0.461. The molecule has 3 heteroatoms. The topological polar surface area (TPSA) is 29.9 Å². The van der Waals surface area contributed by atoms with Gasteiger partial charge in [-0.15, -0.1) is 0 Å². The number of nitrogens with one attached hydrogen (secondary N) is 1. The smallest absolute Gasteiger partial charge is 0.0640 e. The molecule has 0 aromatic carbocycles. The van der Waals surface area contributed by atoms with Crippen LogP contribution in [0.25, 0.3) is 0 Å². The molecular weight excluding hydrogens is 222 g/mol. The number of rotatable bonds is 7. The summed E-state index contributed by atoms with van der Waals surface area (Å²) in [5, 5.41) is 8.28. The SMILES string of the molecule is CCNC(Cc1ccn(C(C)C)n1)CC1CCC1. The van der Waals surface area contributed by atoms with Gasteiger partial charge in [0.15, 0.2) is 0 Å². The summed E-state index contributed by atoms with van der Waals surface area (Å²) in [5.74, 6) is 0.959. The van der Waals surface area contributed by atoms with Crippen molar-refractivity contribution in [3.05, 3.63) is 18.0 Å². The maximum Gasteiger partial charge on any atom is 0.0640 e. The normalized spacial score (nSPS) is 18.0. The highest BCUT2D eigenvalue weighted by molar-refractivity contribution is 5.02. The van der Waals surface area contributed by atoms with Crippen LogP contribution in [0.2, 0.25) is 0 Å². The van der Waals surface area contributed by atoms with Crippen LogP contribution in [0.1, 0.15) is 58.2 Å². The molecule has 102 valence electrons. The fourth-order valence-corrected chi connectivity index (χ4v) is 2.68. The second kappa shape index (κ2) is 6.37. The van der Waals surface area contributed by atoms with Crippen LogP contribution in [0.5, 0.6) is 0 Å². The molecule has 0 radical (unpaired) electrons. The van der Waals surface area contributed by atoms with Gasteiger partial charge < -0.3 is 5.32 Å². The summed E-state index contributed by atoms with van der Waals surface area (Å²) in [6, 6.07) is 3.24. The summed E-state index contributed by atoms with van der Waals surface area (Å²) in [6.45, 7) is 7.60. The second-order valence-corrected chi connectivity index (χ2v) is 5.87. The van der Waals surface area contributed by atoms with Crippen molar-refractivity contribution in [2.75, 3.05) is 6.54 Å². The average molecular weight is 249 g/mol. The van der Waals surface area contributed by atoms with Crippen molar-refractivity contribution in [2.24, 2.45) is 5.92 Å². The highest BCUT2D eigenvalue weighted by Crippen LogP contribution is 2.31. The molecule has 1 heterocycles. The first kappa shape index (κ1) is 13.6. The first-order valence-corrected chi connectivity index (χ1v) is 7.46. The maximum absolute atomic E-state index is 4.66. The fourth-order valence-electron chi connectivity index (χ4n) is 2.68. The number of hydrogen-bond donors (Lipinski definition) is 1. The predicted octanol–water partition coefficient (Wildman–Crippen LogP) is 3.17. The van der Waals surface area contributed by atoms with Crippen LogP contribution in [0, 0.1) is 5.92 Å². The zero-order valence-corrected chi connectivity index (χ0v) is 12.0. The minimum atomic E-state index is 0.461. The van der Waals surface area contributed by atoms with E-state index in [2.05, 4.69) is 48.1 Å². The Labute approximate surface area is 111 Å². The van der Waals surface area contributed by atoms with E-state index in [0.717, 1.165) is 18.9 Å². The molecule has 1 saturated carbocycles. The lowest BCUT2D eigenvalue weighted by molar-refractivity contribution is 0.259. The van der Waals surface area contributed by atoms with E-state index < -0.39 is 0 Å². The summed E-state index contributed by atoms with van der Waals surface area (Å²) in [5.41, 5.74) is 1.23. The van der Waals surface area contributed by atoms with Gasteiger partial charge in [0, 0.05) is 24.7 Å². The lowest BCUT2D eigenvalue weighted by atomic mass is 9.80. The standard InChI is InChI=1S/C15H27N3/c1-4-16-15(10-13-6-5-7-13)11-14-8-9-18(17-14)12(2)3/h8-9,12-13,15-16H,4-7,10-11H2,1-3H3. The Balaban J connectivity index is 1.89. The van der Waals surface area contributed by atoms with E-state index in [1.54, 1.807) is 0 Å². The first-order valence-electron chi connectivity index (χ1n) is 7.46. The molecule has 0 aliphatic heterocycles. The average Bonchev–Trinajstić information content (AvgIpc) is 2.72. The second-order valence-electron chi connectivity index (χ2n) is 5.87. The number of likely N-dealkylation sites (N-methyl/N-ethyl adjacent to an activating group) is 1. The van der Waals surface area contributed by atoms with Gasteiger partial charge in [0.05, 0.1) is 5.69 Å². The molecule has 1 aromatic heterocycles.